The number of likely N-dealkylation sites (N-methyl/N-ethyl adjacent to an activating group) is 1. The summed E-state index contributed by atoms with van der Waals surface area (Å²) in [6.45, 7) is 1.45. The third-order valence-corrected chi connectivity index (χ3v) is 3.23. The van der Waals surface area contributed by atoms with Crippen molar-refractivity contribution in [3.63, 3.8) is 0 Å². The Morgan fingerprint density at radius 2 is 1.95 bits per heavy atom. The molecule has 0 aliphatic heterocycles. The second kappa shape index (κ2) is 7.20. The van der Waals surface area contributed by atoms with Crippen molar-refractivity contribution in [1.82, 2.24) is 9.88 Å². The summed E-state index contributed by atoms with van der Waals surface area (Å²) in [4.78, 5) is 18.3. The molecule has 0 atom stereocenters. The molecule has 0 unspecified atom stereocenters. The van der Waals surface area contributed by atoms with E-state index in [-0.39, 0.29) is 10.9 Å². The number of benzene rings is 1. The molecule has 0 radical (unpaired) electrons. The van der Waals surface area contributed by atoms with Crippen molar-refractivity contribution in [1.29, 1.82) is 0 Å². The van der Waals surface area contributed by atoms with Crippen LogP contribution < -0.4 is 4.74 Å². The number of ether oxygens (including phenoxy) is 1. The maximum Gasteiger partial charge on any atom is 0.196 e. The fourth-order valence-electron chi connectivity index (χ4n) is 1.76. The minimum atomic E-state index is -0.145. The summed E-state index contributed by atoms with van der Waals surface area (Å²) in [5.41, 5.74) is 0.963. The molecule has 0 aliphatic rings. The monoisotopic (exact) mass is 304 g/mol. The van der Waals surface area contributed by atoms with Gasteiger partial charge in [-0.15, -0.1) is 0 Å². The lowest BCUT2D eigenvalue weighted by molar-refractivity contribution is 0.103. The lowest BCUT2D eigenvalue weighted by atomic mass is 10.1. The predicted molar refractivity (Wildman–Crippen MR) is 83.2 cm³/mol. The highest BCUT2D eigenvalue weighted by molar-refractivity contribution is 6.33. The zero-order chi connectivity index (χ0) is 15.2. The molecule has 0 fully saturated rings. The topological polar surface area (TPSA) is 42.4 Å². The second-order valence-electron chi connectivity index (χ2n) is 4.85. The molecule has 0 N–H and O–H groups in total. The average molecular weight is 305 g/mol. The number of carbonyl (C=O) groups excluding carboxylic acids is 1. The Morgan fingerprint density at radius 1 is 1.24 bits per heavy atom. The van der Waals surface area contributed by atoms with Gasteiger partial charge >= 0.3 is 0 Å². The van der Waals surface area contributed by atoms with E-state index in [2.05, 4.69) is 4.98 Å². The third kappa shape index (κ3) is 4.28. The van der Waals surface area contributed by atoms with Gasteiger partial charge in [0.05, 0.1) is 5.56 Å². The van der Waals surface area contributed by atoms with Crippen LogP contribution in [-0.4, -0.2) is 42.9 Å². The van der Waals surface area contributed by atoms with Crippen molar-refractivity contribution < 1.29 is 9.53 Å². The van der Waals surface area contributed by atoms with Crippen LogP contribution in [0, 0.1) is 0 Å². The van der Waals surface area contributed by atoms with Crippen molar-refractivity contribution in [2.45, 2.75) is 0 Å². The van der Waals surface area contributed by atoms with Gasteiger partial charge in [0.25, 0.3) is 0 Å². The number of hydrogen-bond donors (Lipinski definition) is 0. The number of aromatic nitrogens is 1. The Labute approximate surface area is 129 Å². The van der Waals surface area contributed by atoms with Gasteiger partial charge in [-0.05, 0) is 50.5 Å². The van der Waals surface area contributed by atoms with E-state index in [9.17, 15) is 4.79 Å². The molecule has 1 heterocycles. The van der Waals surface area contributed by atoms with Crippen LogP contribution in [0.2, 0.25) is 5.15 Å². The molecule has 0 amide bonds. The van der Waals surface area contributed by atoms with E-state index in [4.69, 9.17) is 16.3 Å². The van der Waals surface area contributed by atoms with E-state index in [1.807, 2.05) is 19.0 Å². The maximum absolute atomic E-state index is 12.3. The van der Waals surface area contributed by atoms with Crippen LogP contribution in [0.4, 0.5) is 0 Å². The summed E-state index contributed by atoms with van der Waals surface area (Å²) in [6.07, 6.45) is 1.56. The van der Waals surface area contributed by atoms with Crippen LogP contribution >= 0.6 is 11.6 Å². The van der Waals surface area contributed by atoms with Gasteiger partial charge in [0.2, 0.25) is 0 Å². The average Bonchev–Trinajstić information content (AvgIpc) is 2.47. The molecule has 0 bridgehead atoms. The number of nitrogens with zero attached hydrogens (tertiary/aromatic N) is 2. The first-order chi connectivity index (χ1) is 10.1. The van der Waals surface area contributed by atoms with Gasteiger partial charge in [0.1, 0.15) is 17.5 Å². The molecule has 0 saturated carbocycles. The van der Waals surface area contributed by atoms with Crippen LogP contribution in [0.15, 0.2) is 42.6 Å². The van der Waals surface area contributed by atoms with E-state index in [1.165, 1.54) is 0 Å². The SMILES string of the molecule is CN(C)CCOc1ccc(C(=O)c2cccnc2Cl)cc1. The largest absolute Gasteiger partial charge is 0.492 e. The summed E-state index contributed by atoms with van der Waals surface area (Å²) in [6, 6.07) is 10.4. The molecular formula is C16H17ClN2O2. The number of halogens is 1. The lowest BCUT2D eigenvalue weighted by Gasteiger charge is -2.11. The Morgan fingerprint density at radius 3 is 2.57 bits per heavy atom. The Kier molecular flexibility index (Phi) is 5.31. The van der Waals surface area contributed by atoms with Crippen molar-refractivity contribution in [3.8, 4) is 5.75 Å². The molecule has 0 spiro atoms. The first-order valence-electron chi connectivity index (χ1n) is 6.61. The van der Waals surface area contributed by atoms with Crippen LogP contribution in [0.1, 0.15) is 15.9 Å². The van der Waals surface area contributed by atoms with Gasteiger partial charge in [-0.1, -0.05) is 11.6 Å². The van der Waals surface area contributed by atoms with Crippen LogP contribution in [-0.2, 0) is 0 Å². The van der Waals surface area contributed by atoms with Gasteiger partial charge in [-0.3, -0.25) is 4.79 Å². The highest BCUT2D eigenvalue weighted by Gasteiger charge is 2.13. The molecule has 0 saturated heterocycles. The fourth-order valence-corrected chi connectivity index (χ4v) is 1.96. The summed E-state index contributed by atoms with van der Waals surface area (Å²) in [7, 11) is 3.98. The Hall–Kier alpha value is -1.91. The van der Waals surface area contributed by atoms with E-state index >= 15 is 0 Å². The minimum absolute atomic E-state index is 0.145. The molecule has 2 aromatic rings. The number of rotatable bonds is 6. The molecule has 2 rings (SSSR count). The molecular weight excluding hydrogens is 288 g/mol. The normalized spacial score (nSPS) is 10.7. The van der Waals surface area contributed by atoms with Crippen molar-refractivity contribution in [3.05, 3.63) is 58.9 Å². The van der Waals surface area contributed by atoms with Crippen LogP contribution in [0.3, 0.4) is 0 Å². The Bertz CT molecular complexity index is 612. The van der Waals surface area contributed by atoms with E-state index in [0.29, 0.717) is 17.7 Å². The first kappa shape index (κ1) is 15.5. The molecule has 0 aliphatic carbocycles. The van der Waals surface area contributed by atoms with Crippen molar-refractivity contribution >= 4 is 17.4 Å². The molecule has 4 nitrogen and oxygen atoms in total. The van der Waals surface area contributed by atoms with Gasteiger partial charge in [0.15, 0.2) is 5.78 Å². The molecule has 110 valence electrons. The number of ketones is 1. The Balaban J connectivity index is 2.05. The summed E-state index contributed by atoms with van der Waals surface area (Å²) in [5.74, 6) is 0.596. The highest BCUT2D eigenvalue weighted by Crippen LogP contribution is 2.19. The van der Waals surface area contributed by atoms with Crippen LogP contribution in [0.5, 0.6) is 5.75 Å². The zero-order valence-corrected chi connectivity index (χ0v) is 12.8. The van der Waals surface area contributed by atoms with Gasteiger partial charge < -0.3 is 9.64 Å². The number of hydrogen-bond acceptors (Lipinski definition) is 4. The third-order valence-electron chi connectivity index (χ3n) is 2.93. The van der Waals surface area contributed by atoms with E-state index in [0.717, 1.165) is 12.3 Å². The van der Waals surface area contributed by atoms with Gasteiger partial charge in [-0.2, -0.15) is 0 Å². The zero-order valence-electron chi connectivity index (χ0n) is 12.0. The fraction of sp³-hybridized carbons (Fsp3) is 0.250. The summed E-state index contributed by atoms with van der Waals surface area (Å²) >= 11 is 5.94. The molecule has 1 aromatic heterocycles. The standard InChI is InChI=1S/C16H17ClN2O2/c1-19(2)10-11-21-13-7-5-12(6-8-13)15(20)14-4-3-9-18-16(14)17/h3-9H,10-11H2,1-2H3. The molecule has 5 heteroatoms. The summed E-state index contributed by atoms with van der Waals surface area (Å²) < 4.78 is 5.59. The smallest absolute Gasteiger partial charge is 0.196 e. The lowest BCUT2D eigenvalue weighted by Crippen LogP contribution is -2.19. The molecule has 1 aromatic carbocycles. The second-order valence-corrected chi connectivity index (χ2v) is 5.21. The summed E-state index contributed by atoms with van der Waals surface area (Å²) in [5, 5.41) is 0.216. The predicted octanol–water partition coefficient (Wildman–Crippen LogP) is 2.91. The van der Waals surface area contributed by atoms with Crippen molar-refractivity contribution in [2.24, 2.45) is 0 Å². The highest BCUT2D eigenvalue weighted by atomic mass is 35.5. The number of pyridine rings is 1. The minimum Gasteiger partial charge on any atom is -0.492 e. The quantitative estimate of drug-likeness (QED) is 0.608. The van der Waals surface area contributed by atoms with Crippen LogP contribution in [0.25, 0.3) is 0 Å². The van der Waals surface area contributed by atoms with Gasteiger partial charge in [0, 0.05) is 18.3 Å². The van der Waals surface area contributed by atoms with E-state index in [1.54, 1.807) is 42.6 Å². The molecule has 21 heavy (non-hydrogen) atoms. The maximum atomic E-state index is 12.3. The van der Waals surface area contributed by atoms with E-state index < -0.39 is 0 Å². The van der Waals surface area contributed by atoms with Crippen molar-refractivity contribution in [2.75, 3.05) is 27.2 Å². The first-order valence-corrected chi connectivity index (χ1v) is 6.98. The number of carbonyl (C=O) groups is 1. The van der Waals surface area contributed by atoms with Gasteiger partial charge in [-0.25, -0.2) is 4.98 Å².